The number of benzene rings is 7. The van der Waals surface area contributed by atoms with E-state index in [4.69, 9.17) is 9.40 Å². The fourth-order valence-corrected chi connectivity index (χ4v) is 6.78. The summed E-state index contributed by atoms with van der Waals surface area (Å²) in [6, 6.07) is 66.2. The van der Waals surface area contributed by atoms with Crippen LogP contribution >= 0.6 is 0 Å². The molecule has 2 heterocycles. The summed E-state index contributed by atoms with van der Waals surface area (Å²) in [6.45, 7) is 0. The van der Waals surface area contributed by atoms with Gasteiger partial charge in [0.05, 0.1) is 11.4 Å². The van der Waals surface area contributed by atoms with Crippen molar-refractivity contribution in [2.45, 2.75) is 0 Å². The standard InChI is InChI=1S/C47H31NO/c1-4-11-32(12-5-1)34-19-21-35(22-20-34)36-23-25-37(26-24-36)39-27-28-45-42(29-39)47-41(17-10-18-46(47)49-45)44-31-40(33-13-6-2-7-14-33)30-43(48-44)38-15-8-3-9-16-38/h1-31H. The quantitative estimate of drug-likeness (QED) is 0.184. The van der Waals surface area contributed by atoms with Gasteiger partial charge >= 0.3 is 0 Å². The van der Waals surface area contributed by atoms with Crippen LogP contribution in [0.2, 0.25) is 0 Å². The van der Waals surface area contributed by atoms with Crippen LogP contribution in [0, 0.1) is 0 Å². The second-order valence-electron chi connectivity index (χ2n) is 12.4. The summed E-state index contributed by atoms with van der Waals surface area (Å²) in [5, 5.41) is 2.16. The maximum absolute atomic E-state index is 6.43. The van der Waals surface area contributed by atoms with E-state index in [1.54, 1.807) is 0 Å². The van der Waals surface area contributed by atoms with Crippen LogP contribution in [-0.2, 0) is 0 Å². The average Bonchev–Trinajstić information content (AvgIpc) is 3.57. The van der Waals surface area contributed by atoms with Crippen molar-refractivity contribution in [2.24, 2.45) is 0 Å². The second kappa shape index (κ2) is 12.3. The number of furan rings is 1. The van der Waals surface area contributed by atoms with Crippen LogP contribution in [0.4, 0.5) is 0 Å². The van der Waals surface area contributed by atoms with Crippen molar-refractivity contribution in [3.63, 3.8) is 0 Å². The number of fused-ring (bicyclic) bond motifs is 3. The van der Waals surface area contributed by atoms with Gasteiger partial charge in [0.15, 0.2) is 0 Å². The van der Waals surface area contributed by atoms with Crippen molar-refractivity contribution in [1.29, 1.82) is 0 Å². The summed E-state index contributed by atoms with van der Waals surface area (Å²) in [6.07, 6.45) is 0. The van der Waals surface area contributed by atoms with Crippen molar-refractivity contribution in [1.82, 2.24) is 4.98 Å². The zero-order valence-electron chi connectivity index (χ0n) is 26.8. The Morgan fingerprint density at radius 1 is 0.306 bits per heavy atom. The molecule has 0 radical (unpaired) electrons. The Bertz CT molecular complexity index is 2490. The van der Waals surface area contributed by atoms with Crippen LogP contribution in [0.3, 0.4) is 0 Å². The third-order valence-electron chi connectivity index (χ3n) is 9.32. The van der Waals surface area contributed by atoms with Gasteiger partial charge < -0.3 is 4.42 Å². The number of pyridine rings is 1. The number of rotatable bonds is 6. The topological polar surface area (TPSA) is 26.0 Å². The lowest BCUT2D eigenvalue weighted by Crippen LogP contribution is -1.91. The van der Waals surface area contributed by atoms with Crippen LogP contribution in [0.1, 0.15) is 0 Å². The van der Waals surface area contributed by atoms with E-state index in [1.807, 2.05) is 6.07 Å². The van der Waals surface area contributed by atoms with Gasteiger partial charge in [0, 0.05) is 21.9 Å². The van der Waals surface area contributed by atoms with Crippen LogP contribution in [0.25, 0.3) is 89.0 Å². The van der Waals surface area contributed by atoms with E-state index in [1.165, 1.54) is 22.3 Å². The van der Waals surface area contributed by atoms with Gasteiger partial charge in [-0.15, -0.1) is 0 Å². The van der Waals surface area contributed by atoms with Gasteiger partial charge in [0.2, 0.25) is 0 Å². The maximum Gasteiger partial charge on any atom is 0.136 e. The lowest BCUT2D eigenvalue weighted by Gasteiger charge is -2.11. The van der Waals surface area contributed by atoms with Gasteiger partial charge in [-0.2, -0.15) is 0 Å². The summed E-state index contributed by atoms with van der Waals surface area (Å²) in [4.78, 5) is 5.24. The molecule has 0 aliphatic carbocycles. The third kappa shape index (κ3) is 5.50. The molecule has 230 valence electrons. The summed E-state index contributed by atoms with van der Waals surface area (Å²) < 4.78 is 6.43. The maximum atomic E-state index is 6.43. The first-order valence-electron chi connectivity index (χ1n) is 16.6. The molecule has 9 aromatic rings. The predicted molar refractivity (Wildman–Crippen MR) is 204 cm³/mol. The minimum Gasteiger partial charge on any atom is -0.456 e. The highest BCUT2D eigenvalue weighted by Crippen LogP contribution is 2.40. The van der Waals surface area contributed by atoms with Crippen LogP contribution in [0.15, 0.2) is 192 Å². The van der Waals surface area contributed by atoms with Crippen LogP contribution in [0.5, 0.6) is 0 Å². The molecule has 0 amide bonds. The molecule has 0 aliphatic heterocycles. The highest BCUT2D eigenvalue weighted by Gasteiger charge is 2.16. The van der Waals surface area contributed by atoms with Crippen LogP contribution < -0.4 is 0 Å². The second-order valence-corrected chi connectivity index (χ2v) is 12.4. The lowest BCUT2D eigenvalue weighted by atomic mass is 9.96. The van der Waals surface area contributed by atoms with Crippen molar-refractivity contribution in [2.75, 3.05) is 0 Å². The first-order chi connectivity index (χ1) is 24.3. The van der Waals surface area contributed by atoms with Crippen molar-refractivity contribution in [3.05, 3.63) is 188 Å². The predicted octanol–water partition coefficient (Wildman–Crippen LogP) is 13.0. The Hall–Kier alpha value is -6.51. The van der Waals surface area contributed by atoms with E-state index >= 15 is 0 Å². The van der Waals surface area contributed by atoms with Gasteiger partial charge in [-0.25, -0.2) is 4.98 Å². The Labute approximate surface area is 285 Å². The molecule has 0 fully saturated rings. The molecule has 0 N–H and O–H groups in total. The van der Waals surface area contributed by atoms with E-state index in [0.717, 1.165) is 66.7 Å². The molecule has 0 aliphatic rings. The molecule has 0 saturated heterocycles. The molecule has 0 atom stereocenters. The molecule has 2 nitrogen and oxygen atoms in total. The van der Waals surface area contributed by atoms with E-state index in [0.29, 0.717) is 0 Å². The number of nitrogens with zero attached hydrogens (tertiary/aromatic N) is 1. The molecular weight excluding hydrogens is 595 g/mol. The minimum absolute atomic E-state index is 0.854. The van der Waals surface area contributed by atoms with Gasteiger partial charge in [-0.3, -0.25) is 0 Å². The SMILES string of the molecule is c1ccc(-c2ccc(-c3ccc(-c4ccc5oc6cccc(-c7cc(-c8ccccc8)cc(-c8ccccc8)n7)c6c5c4)cc3)cc2)cc1. The molecule has 49 heavy (non-hydrogen) atoms. The Morgan fingerprint density at radius 3 is 1.37 bits per heavy atom. The monoisotopic (exact) mass is 625 g/mol. The third-order valence-corrected chi connectivity index (χ3v) is 9.32. The zero-order valence-corrected chi connectivity index (χ0v) is 26.8. The molecule has 7 aromatic carbocycles. The summed E-state index contributed by atoms with van der Waals surface area (Å²) in [7, 11) is 0. The van der Waals surface area contributed by atoms with Crippen molar-refractivity contribution < 1.29 is 4.42 Å². The van der Waals surface area contributed by atoms with Gasteiger partial charge in [-0.1, -0.05) is 158 Å². The van der Waals surface area contributed by atoms with E-state index in [9.17, 15) is 0 Å². The fraction of sp³-hybridized carbons (Fsp3) is 0. The first kappa shape index (κ1) is 28.7. The normalized spacial score (nSPS) is 11.3. The molecule has 0 bridgehead atoms. The Kier molecular flexibility index (Phi) is 7.18. The fourth-order valence-electron chi connectivity index (χ4n) is 6.78. The van der Waals surface area contributed by atoms with Crippen molar-refractivity contribution >= 4 is 21.9 Å². The highest BCUT2D eigenvalue weighted by atomic mass is 16.3. The summed E-state index contributed by atoms with van der Waals surface area (Å²) in [5.74, 6) is 0. The van der Waals surface area contributed by atoms with Crippen LogP contribution in [-0.4, -0.2) is 4.98 Å². The van der Waals surface area contributed by atoms with Gasteiger partial charge in [0.1, 0.15) is 11.2 Å². The smallest absolute Gasteiger partial charge is 0.136 e. The van der Waals surface area contributed by atoms with E-state index in [2.05, 4.69) is 182 Å². The number of hydrogen-bond acceptors (Lipinski definition) is 2. The molecule has 2 heteroatoms. The molecule has 0 saturated carbocycles. The zero-order chi connectivity index (χ0) is 32.6. The lowest BCUT2D eigenvalue weighted by molar-refractivity contribution is 0.669. The molecule has 0 unspecified atom stereocenters. The van der Waals surface area contributed by atoms with Crippen molar-refractivity contribution in [3.8, 4) is 67.0 Å². The number of aromatic nitrogens is 1. The Balaban J connectivity index is 1.11. The molecule has 2 aromatic heterocycles. The highest BCUT2D eigenvalue weighted by molar-refractivity contribution is 6.13. The molecular formula is C47H31NO. The van der Waals surface area contributed by atoms with E-state index in [-0.39, 0.29) is 0 Å². The van der Waals surface area contributed by atoms with Gasteiger partial charge in [-0.05, 0) is 74.8 Å². The minimum atomic E-state index is 0.854. The van der Waals surface area contributed by atoms with Gasteiger partial charge in [0.25, 0.3) is 0 Å². The summed E-state index contributed by atoms with van der Waals surface area (Å²) >= 11 is 0. The largest absolute Gasteiger partial charge is 0.456 e. The van der Waals surface area contributed by atoms with E-state index < -0.39 is 0 Å². The summed E-state index contributed by atoms with van der Waals surface area (Å²) in [5.41, 5.74) is 15.2. The number of hydrogen-bond donors (Lipinski definition) is 0. The average molecular weight is 626 g/mol. The molecule has 9 rings (SSSR count). The molecule has 0 spiro atoms. The first-order valence-corrected chi connectivity index (χ1v) is 16.6. The Morgan fingerprint density at radius 2 is 0.776 bits per heavy atom.